The zero-order valence-electron chi connectivity index (χ0n) is 17.5. The van der Waals surface area contributed by atoms with Crippen LogP contribution in [0.25, 0.3) is 11.1 Å². The number of hydrogen-bond acceptors (Lipinski definition) is 5. The van der Waals surface area contributed by atoms with Crippen molar-refractivity contribution in [3.8, 4) is 22.6 Å². The number of likely N-dealkylation sites (tertiary alicyclic amines) is 1. The number of carbonyl (C=O) groups is 1. The van der Waals surface area contributed by atoms with Gasteiger partial charge in [0.15, 0.2) is 11.5 Å². The summed E-state index contributed by atoms with van der Waals surface area (Å²) in [4.78, 5) is 15.6. The summed E-state index contributed by atoms with van der Waals surface area (Å²) in [7, 11) is 0. The molecule has 3 aromatic carbocycles. The van der Waals surface area contributed by atoms with Crippen molar-refractivity contribution in [2.45, 2.75) is 18.5 Å². The Balaban J connectivity index is 1.40. The van der Waals surface area contributed by atoms with Gasteiger partial charge in [0.25, 0.3) is 5.91 Å². The second-order valence-corrected chi connectivity index (χ2v) is 8.57. The molecule has 1 fully saturated rings. The van der Waals surface area contributed by atoms with Crippen molar-refractivity contribution in [2.75, 3.05) is 25.3 Å². The van der Waals surface area contributed by atoms with Gasteiger partial charge in [0.2, 0.25) is 6.79 Å². The number of fused-ring (bicyclic) bond motifs is 4. The van der Waals surface area contributed by atoms with Crippen molar-refractivity contribution in [1.29, 1.82) is 0 Å². The highest BCUT2D eigenvalue weighted by Crippen LogP contribution is 2.48. The molecule has 0 aromatic heterocycles. The number of carbonyl (C=O) groups excluding carboxylic acids is 1. The molecule has 32 heavy (non-hydrogen) atoms. The first-order chi connectivity index (χ1) is 15.7. The van der Waals surface area contributed by atoms with Gasteiger partial charge < -0.3 is 24.8 Å². The van der Waals surface area contributed by atoms with Crippen LogP contribution in [0.4, 0.5) is 5.69 Å². The van der Waals surface area contributed by atoms with Gasteiger partial charge in [-0.2, -0.15) is 0 Å². The van der Waals surface area contributed by atoms with E-state index in [2.05, 4.69) is 35.6 Å². The standard InChI is InChI=1S/C26H24N2O4/c29-14-22-19-10-11-28(26(30)18-7-9-23-24(13-18)32-15-31-23)25(19)20-12-17(6-8-21(20)27-22)16-4-2-1-3-5-16/h1-9,12-13,19,22,25,27,29H,10-11,14-15H2/t19-,22-,25-/m0/s1. The van der Waals surface area contributed by atoms with E-state index in [1.165, 1.54) is 0 Å². The zero-order valence-corrected chi connectivity index (χ0v) is 17.5. The molecule has 162 valence electrons. The molecule has 3 aliphatic heterocycles. The fraction of sp³-hybridized carbons (Fsp3) is 0.269. The fourth-order valence-electron chi connectivity index (χ4n) is 5.30. The van der Waals surface area contributed by atoms with Crippen LogP contribution in [0.2, 0.25) is 0 Å². The van der Waals surface area contributed by atoms with Crippen LogP contribution in [0.5, 0.6) is 11.5 Å². The Hall–Kier alpha value is -3.51. The number of benzene rings is 3. The fourth-order valence-corrected chi connectivity index (χ4v) is 5.30. The third-order valence-corrected chi connectivity index (χ3v) is 6.86. The quantitative estimate of drug-likeness (QED) is 0.658. The van der Waals surface area contributed by atoms with E-state index in [0.717, 1.165) is 28.8 Å². The number of aliphatic hydroxyl groups is 1. The van der Waals surface area contributed by atoms with Crippen molar-refractivity contribution in [3.63, 3.8) is 0 Å². The van der Waals surface area contributed by atoms with Gasteiger partial charge in [-0.25, -0.2) is 0 Å². The van der Waals surface area contributed by atoms with Gasteiger partial charge in [-0.05, 0) is 53.4 Å². The minimum absolute atomic E-state index is 0.0227. The molecule has 0 unspecified atom stereocenters. The molecule has 6 heteroatoms. The summed E-state index contributed by atoms with van der Waals surface area (Å²) >= 11 is 0. The van der Waals surface area contributed by atoms with Crippen LogP contribution in [-0.2, 0) is 0 Å². The monoisotopic (exact) mass is 428 g/mol. The predicted octanol–water partition coefficient (Wildman–Crippen LogP) is 4.07. The normalized spacial score (nSPS) is 22.8. The van der Waals surface area contributed by atoms with E-state index in [1.54, 1.807) is 18.2 Å². The average Bonchev–Trinajstić information content (AvgIpc) is 3.50. The van der Waals surface area contributed by atoms with Gasteiger partial charge >= 0.3 is 0 Å². The maximum atomic E-state index is 13.6. The van der Waals surface area contributed by atoms with Crippen LogP contribution < -0.4 is 14.8 Å². The first kappa shape index (κ1) is 19.2. The minimum Gasteiger partial charge on any atom is -0.454 e. The van der Waals surface area contributed by atoms with Gasteiger partial charge in [-0.1, -0.05) is 36.4 Å². The molecule has 0 spiro atoms. The van der Waals surface area contributed by atoms with E-state index in [4.69, 9.17) is 9.47 Å². The van der Waals surface area contributed by atoms with E-state index in [0.29, 0.717) is 23.6 Å². The molecule has 6 rings (SSSR count). The second-order valence-electron chi connectivity index (χ2n) is 8.57. The minimum atomic E-state index is -0.0926. The molecule has 0 radical (unpaired) electrons. The first-order valence-corrected chi connectivity index (χ1v) is 11.0. The summed E-state index contributed by atoms with van der Waals surface area (Å²) in [6.45, 7) is 0.865. The summed E-state index contributed by atoms with van der Waals surface area (Å²) in [5.41, 5.74) is 4.94. The Labute approximate surface area is 186 Å². The second kappa shape index (κ2) is 7.57. The molecule has 1 amide bonds. The Kier molecular flexibility index (Phi) is 4.54. The molecule has 6 nitrogen and oxygen atoms in total. The number of nitrogens with zero attached hydrogens (tertiary/aromatic N) is 1. The van der Waals surface area contributed by atoms with Gasteiger partial charge in [0, 0.05) is 23.7 Å². The number of aliphatic hydroxyl groups excluding tert-OH is 1. The molecule has 3 heterocycles. The summed E-state index contributed by atoms with van der Waals surface area (Å²) < 4.78 is 10.9. The van der Waals surface area contributed by atoms with Crippen LogP contribution in [0.15, 0.2) is 66.7 Å². The lowest BCUT2D eigenvalue weighted by Gasteiger charge is -2.39. The first-order valence-electron chi connectivity index (χ1n) is 11.0. The lowest BCUT2D eigenvalue weighted by molar-refractivity contribution is 0.0700. The smallest absolute Gasteiger partial charge is 0.254 e. The molecular weight excluding hydrogens is 404 g/mol. The summed E-state index contributed by atoms with van der Waals surface area (Å²) in [5.74, 6) is 1.40. The third kappa shape index (κ3) is 3.02. The van der Waals surface area contributed by atoms with Crippen LogP contribution in [-0.4, -0.2) is 41.9 Å². The van der Waals surface area contributed by atoms with Crippen molar-refractivity contribution in [2.24, 2.45) is 5.92 Å². The Morgan fingerprint density at radius 2 is 1.84 bits per heavy atom. The number of rotatable bonds is 3. The highest BCUT2D eigenvalue weighted by molar-refractivity contribution is 5.95. The van der Waals surface area contributed by atoms with Crippen molar-refractivity contribution < 1.29 is 19.4 Å². The van der Waals surface area contributed by atoms with E-state index in [-0.39, 0.29) is 37.3 Å². The maximum absolute atomic E-state index is 13.6. The highest BCUT2D eigenvalue weighted by atomic mass is 16.7. The molecule has 3 atom stereocenters. The number of amides is 1. The molecule has 3 aliphatic rings. The number of ether oxygens (including phenoxy) is 2. The van der Waals surface area contributed by atoms with Crippen molar-refractivity contribution in [1.82, 2.24) is 4.90 Å². The van der Waals surface area contributed by atoms with Crippen LogP contribution in [0, 0.1) is 5.92 Å². The number of anilines is 1. The summed E-state index contributed by atoms with van der Waals surface area (Å²) in [6.07, 6.45) is 0.841. The molecule has 0 saturated carbocycles. The van der Waals surface area contributed by atoms with E-state index >= 15 is 0 Å². The topological polar surface area (TPSA) is 71.0 Å². The van der Waals surface area contributed by atoms with Gasteiger partial charge in [-0.15, -0.1) is 0 Å². The SMILES string of the molecule is O=C(c1ccc2c(c1)OCO2)N1CC[C@H]2[C@H](CO)Nc3ccc(-c4ccccc4)cc3[C@H]21. The molecule has 1 saturated heterocycles. The Morgan fingerprint density at radius 3 is 2.69 bits per heavy atom. The van der Waals surface area contributed by atoms with Gasteiger partial charge in [0.1, 0.15) is 0 Å². The molecule has 2 N–H and O–H groups in total. The largest absolute Gasteiger partial charge is 0.454 e. The van der Waals surface area contributed by atoms with Crippen molar-refractivity contribution >= 4 is 11.6 Å². The summed E-state index contributed by atoms with van der Waals surface area (Å²) in [6, 6.07) is 21.8. The van der Waals surface area contributed by atoms with E-state index in [1.807, 2.05) is 23.1 Å². The van der Waals surface area contributed by atoms with Crippen LogP contribution >= 0.6 is 0 Å². The zero-order chi connectivity index (χ0) is 21.7. The van der Waals surface area contributed by atoms with E-state index < -0.39 is 0 Å². The van der Waals surface area contributed by atoms with Gasteiger partial charge in [0.05, 0.1) is 18.7 Å². The molecule has 3 aromatic rings. The Bertz CT molecular complexity index is 1180. The third-order valence-electron chi connectivity index (χ3n) is 6.86. The van der Waals surface area contributed by atoms with Crippen LogP contribution in [0.3, 0.4) is 0 Å². The lowest BCUT2D eigenvalue weighted by Crippen LogP contribution is -2.42. The maximum Gasteiger partial charge on any atom is 0.254 e. The van der Waals surface area contributed by atoms with Crippen molar-refractivity contribution in [3.05, 3.63) is 77.9 Å². The Morgan fingerprint density at radius 1 is 1.00 bits per heavy atom. The molecule has 0 aliphatic carbocycles. The number of nitrogens with one attached hydrogen (secondary N) is 1. The highest BCUT2D eigenvalue weighted by Gasteiger charge is 2.46. The number of hydrogen-bond donors (Lipinski definition) is 2. The molecular formula is C26H24N2O4. The summed E-state index contributed by atoms with van der Waals surface area (Å²) in [5, 5.41) is 13.6. The predicted molar refractivity (Wildman–Crippen MR) is 121 cm³/mol. The molecule has 0 bridgehead atoms. The average molecular weight is 428 g/mol. The van der Waals surface area contributed by atoms with Gasteiger partial charge in [-0.3, -0.25) is 4.79 Å². The lowest BCUT2D eigenvalue weighted by atomic mass is 9.82. The van der Waals surface area contributed by atoms with Crippen LogP contribution in [0.1, 0.15) is 28.4 Å². The van der Waals surface area contributed by atoms with E-state index in [9.17, 15) is 9.90 Å².